The summed E-state index contributed by atoms with van der Waals surface area (Å²) in [5.41, 5.74) is 1.43. The first-order valence-electron chi connectivity index (χ1n) is 8.98. The van der Waals surface area contributed by atoms with E-state index in [0.29, 0.717) is 18.5 Å². The third-order valence-corrected chi connectivity index (χ3v) is 5.08. The fraction of sp³-hybridized carbons (Fsp3) is 0.474. The van der Waals surface area contributed by atoms with Crippen LogP contribution >= 0.6 is 0 Å². The van der Waals surface area contributed by atoms with Crippen molar-refractivity contribution in [2.75, 3.05) is 0 Å². The normalized spacial score (nSPS) is 16.7. The molecule has 0 aliphatic heterocycles. The highest BCUT2D eigenvalue weighted by atomic mass is 16.4. The maximum Gasteiger partial charge on any atom is 0.329 e. The molecule has 0 bridgehead atoms. The molecule has 26 heavy (non-hydrogen) atoms. The zero-order valence-electron chi connectivity index (χ0n) is 15.2. The second kappa shape index (κ2) is 7.27. The van der Waals surface area contributed by atoms with Gasteiger partial charge in [-0.15, -0.1) is 5.10 Å². The Morgan fingerprint density at radius 3 is 2.46 bits per heavy atom. The van der Waals surface area contributed by atoms with Gasteiger partial charge in [0.05, 0.1) is 11.4 Å². The summed E-state index contributed by atoms with van der Waals surface area (Å²) in [6.45, 7) is 3.74. The van der Waals surface area contributed by atoms with Crippen LogP contribution < -0.4 is 5.32 Å². The molecule has 1 aromatic heterocycles. The highest BCUT2D eigenvalue weighted by Crippen LogP contribution is 2.28. The number of carbonyl (C=O) groups excluding carboxylic acids is 1. The van der Waals surface area contributed by atoms with E-state index in [1.165, 1.54) is 0 Å². The minimum atomic E-state index is -1.22. The fourth-order valence-electron chi connectivity index (χ4n) is 3.54. The van der Waals surface area contributed by atoms with Crippen molar-refractivity contribution in [3.8, 4) is 5.69 Å². The largest absolute Gasteiger partial charge is 0.480 e. The van der Waals surface area contributed by atoms with Crippen molar-refractivity contribution in [2.45, 2.75) is 57.9 Å². The number of amides is 1. The number of aryl methyl sites for hydroxylation is 1. The van der Waals surface area contributed by atoms with E-state index in [1.54, 1.807) is 11.6 Å². The van der Waals surface area contributed by atoms with Crippen LogP contribution in [0.25, 0.3) is 5.69 Å². The van der Waals surface area contributed by atoms with Crippen molar-refractivity contribution in [1.29, 1.82) is 0 Å². The van der Waals surface area contributed by atoms with Gasteiger partial charge in [0.15, 0.2) is 5.69 Å². The smallest absolute Gasteiger partial charge is 0.329 e. The van der Waals surface area contributed by atoms with Gasteiger partial charge in [-0.2, -0.15) is 0 Å². The number of hydrogen-bond acceptors (Lipinski definition) is 4. The number of nitrogens with zero attached hydrogens (tertiary/aromatic N) is 3. The molecule has 0 radical (unpaired) electrons. The topological polar surface area (TPSA) is 97.1 Å². The summed E-state index contributed by atoms with van der Waals surface area (Å²) in [5, 5.41) is 20.6. The van der Waals surface area contributed by atoms with Gasteiger partial charge in [0.2, 0.25) is 0 Å². The molecule has 1 aliphatic carbocycles. The molecule has 0 atom stereocenters. The Balaban J connectivity index is 1.87. The number of nitrogens with one attached hydrogen (secondary N) is 1. The van der Waals surface area contributed by atoms with Gasteiger partial charge in [0.1, 0.15) is 5.54 Å². The van der Waals surface area contributed by atoms with Crippen LogP contribution in [-0.4, -0.2) is 37.5 Å². The van der Waals surface area contributed by atoms with Crippen LogP contribution in [0.3, 0.4) is 0 Å². The van der Waals surface area contributed by atoms with Gasteiger partial charge in [-0.1, -0.05) is 43.0 Å². The van der Waals surface area contributed by atoms with E-state index in [2.05, 4.69) is 15.6 Å². The molecule has 1 aromatic carbocycles. The summed E-state index contributed by atoms with van der Waals surface area (Å²) in [7, 11) is 0. The number of aromatic nitrogens is 3. The summed E-state index contributed by atoms with van der Waals surface area (Å²) >= 11 is 0. The van der Waals surface area contributed by atoms with Crippen molar-refractivity contribution in [1.82, 2.24) is 20.3 Å². The summed E-state index contributed by atoms with van der Waals surface area (Å²) in [5.74, 6) is -1.46. The predicted octanol–water partition coefficient (Wildman–Crippen LogP) is 2.79. The molecule has 138 valence electrons. The van der Waals surface area contributed by atoms with Gasteiger partial charge < -0.3 is 10.4 Å². The lowest BCUT2D eigenvalue weighted by molar-refractivity contribution is -0.145. The van der Waals surface area contributed by atoms with E-state index in [4.69, 9.17) is 0 Å². The molecule has 2 N–H and O–H groups in total. The minimum Gasteiger partial charge on any atom is -0.480 e. The lowest BCUT2D eigenvalue weighted by atomic mass is 9.90. The van der Waals surface area contributed by atoms with Crippen LogP contribution in [0.1, 0.15) is 60.3 Å². The van der Waals surface area contributed by atoms with Crippen molar-refractivity contribution in [3.05, 3.63) is 41.2 Å². The molecule has 0 spiro atoms. The van der Waals surface area contributed by atoms with Crippen LogP contribution in [0, 0.1) is 13.8 Å². The number of hydrogen-bond donors (Lipinski definition) is 2. The Hall–Kier alpha value is -2.70. The van der Waals surface area contributed by atoms with E-state index in [-0.39, 0.29) is 5.69 Å². The molecule has 1 heterocycles. The number of benzene rings is 1. The molecule has 3 rings (SSSR count). The highest BCUT2D eigenvalue weighted by Gasteiger charge is 2.41. The highest BCUT2D eigenvalue weighted by molar-refractivity contribution is 5.97. The molecule has 0 unspecified atom stereocenters. The van der Waals surface area contributed by atoms with Crippen LogP contribution in [0.15, 0.2) is 24.3 Å². The summed E-state index contributed by atoms with van der Waals surface area (Å²) in [4.78, 5) is 24.7. The fourth-order valence-corrected chi connectivity index (χ4v) is 3.54. The minimum absolute atomic E-state index is 0.163. The summed E-state index contributed by atoms with van der Waals surface area (Å²) < 4.78 is 1.60. The molecule has 0 saturated heterocycles. The Morgan fingerprint density at radius 1 is 1.15 bits per heavy atom. The molecule has 1 saturated carbocycles. The second-order valence-corrected chi connectivity index (χ2v) is 7.03. The third-order valence-electron chi connectivity index (χ3n) is 5.08. The van der Waals surface area contributed by atoms with Crippen molar-refractivity contribution in [3.63, 3.8) is 0 Å². The molecular weight excluding hydrogens is 332 g/mol. The summed E-state index contributed by atoms with van der Waals surface area (Å²) in [6.07, 6.45) is 4.46. The first kappa shape index (κ1) is 18.1. The SMILES string of the molecule is Cc1cccc(-n2nnc(C(=O)NC3(C(=O)O)CCCCCC3)c2C)c1. The molecule has 1 fully saturated rings. The number of carbonyl (C=O) groups is 2. The van der Waals surface area contributed by atoms with Crippen LogP contribution in [-0.2, 0) is 4.79 Å². The van der Waals surface area contributed by atoms with Crippen LogP contribution in [0.5, 0.6) is 0 Å². The van der Waals surface area contributed by atoms with Gasteiger partial charge in [-0.05, 0) is 44.4 Å². The number of carboxylic acids is 1. The molecule has 1 aliphatic rings. The van der Waals surface area contributed by atoms with Crippen molar-refractivity contribution >= 4 is 11.9 Å². The Kier molecular flexibility index (Phi) is 5.06. The van der Waals surface area contributed by atoms with Gasteiger partial charge in [-0.3, -0.25) is 4.79 Å². The average Bonchev–Trinajstić information content (AvgIpc) is 2.83. The zero-order chi connectivity index (χ0) is 18.7. The van der Waals surface area contributed by atoms with Gasteiger partial charge >= 0.3 is 5.97 Å². The lowest BCUT2D eigenvalue weighted by Crippen LogP contribution is -2.54. The first-order valence-corrected chi connectivity index (χ1v) is 8.98. The van der Waals surface area contributed by atoms with E-state index in [0.717, 1.165) is 36.9 Å². The molecular formula is C19H24N4O3. The number of carboxylic acid groups (broad SMARTS) is 1. The number of aliphatic carboxylic acids is 1. The third kappa shape index (κ3) is 3.47. The second-order valence-electron chi connectivity index (χ2n) is 7.03. The van der Waals surface area contributed by atoms with Crippen LogP contribution in [0.2, 0.25) is 0 Å². The molecule has 7 heteroatoms. The van der Waals surface area contributed by atoms with Crippen molar-refractivity contribution < 1.29 is 14.7 Å². The Morgan fingerprint density at radius 2 is 1.85 bits per heavy atom. The quantitative estimate of drug-likeness (QED) is 0.821. The van der Waals surface area contributed by atoms with Crippen LogP contribution in [0.4, 0.5) is 0 Å². The maximum absolute atomic E-state index is 12.8. The molecule has 2 aromatic rings. The van der Waals surface area contributed by atoms with Gasteiger partial charge in [0.25, 0.3) is 5.91 Å². The molecule has 1 amide bonds. The lowest BCUT2D eigenvalue weighted by Gasteiger charge is -2.28. The summed E-state index contributed by atoms with van der Waals surface area (Å²) in [6, 6.07) is 7.73. The zero-order valence-corrected chi connectivity index (χ0v) is 15.2. The monoisotopic (exact) mass is 356 g/mol. The Bertz CT molecular complexity index is 820. The van der Waals surface area contributed by atoms with E-state index in [9.17, 15) is 14.7 Å². The van der Waals surface area contributed by atoms with Crippen molar-refractivity contribution in [2.24, 2.45) is 0 Å². The van der Waals surface area contributed by atoms with Gasteiger partial charge in [0, 0.05) is 0 Å². The standard InChI is InChI=1S/C19H24N4O3/c1-13-8-7-9-15(12-13)23-14(2)16(21-22-23)17(24)20-19(18(25)26)10-5-3-4-6-11-19/h7-9,12H,3-6,10-11H2,1-2H3,(H,20,24)(H,25,26). The Labute approximate surface area is 152 Å². The molecule has 7 nitrogen and oxygen atoms in total. The number of rotatable bonds is 4. The average molecular weight is 356 g/mol. The predicted molar refractivity (Wildman–Crippen MR) is 96.4 cm³/mol. The first-order chi connectivity index (χ1) is 12.4. The van der Waals surface area contributed by atoms with E-state index < -0.39 is 17.4 Å². The van der Waals surface area contributed by atoms with E-state index >= 15 is 0 Å². The van der Waals surface area contributed by atoms with E-state index in [1.807, 2.05) is 31.2 Å². The van der Waals surface area contributed by atoms with Gasteiger partial charge in [-0.25, -0.2) is 9.48 Å². The maximum atomic E-state index is 12.8.